The van der Waals surface area contributed by atoms with E-state index in [0.717, 1.165) is 11.1 Å². The molecule has 0 saturated heterocycles. The molecule has 166 valence electrons. The van der Waals surface area contributed by atoms with Crippen molar-refractivity contribution in [3.05, 3.63) is 107 Å². The van der Waals surface area contributed by atoms with Crippen molar-refractivity contribution < 1.29 is 14.3 Å². The number of aromatic nitrogens is 2. The summed E-state index contributed by atoms with van der Waals surface area (Å²) in [6, 6.07) is 28.1. The Hall–Kier alpha value is -4.19. The smallest absolute Gasteiger partial charge is 0.344 e. The fourth-order valence-electron chi connectivity index (χ4n) is 3.57. The van der Waals surface area contributed by atoms with E-state index in [-0.39, 0.29) is 25.3 Å². The molecule has 4 aromatic rings. The number of ether oxygens (including phenoxy) is 2. The lowest BCUT2D eigenvalue weighted by molar-refractivity contribution is 0.0523. The molecule has 33 heavy (non-hydrogen) atoms. The first-order chi connectivity index (χ1) is 16.2. The molecular formula is C27H24N2O4. The van der Waals surface area contributed by atoms with Crippen molar-refractivity contribution in [3.8, 4) is 28.1 Å². The molecule has 0 aliphatic carbocycles. The van der Waals surface area contributed by atoms with Gasteiger partial charge in [-0.15, -0.1) is 0 Å². The van der Waals surface area contributed by atoms with Crippen molar-refractivity contribution in [1.82, 2.24) is 9.78 Å². The summed E-state index contributed by atoms with van der Waals surface area (Å²) in [7, 11) is 0. The molecular weight excluding hydrogens is 416 g/mol. The van der Waals surface area contributed by atoms with E-state index < -0.39 is 11.5 Å². The molecule has 4 rings (SSSR count). The normalized spacial score (nSPS) is 10.6. The van der Waals surface area contributed by atoms with Gasteiger partial charge < -0.3 is 9.47 Å². The molecule has 1 aromatic heterocycles. The fourth-order valence-corrected chi connectivity index (χ4v) is 3.57. The van der Waals surface area contributed by atoms with Crippen molar-refractivity contribution in [3.63, 3.8) is 0 Å². The van der Waals surface area contributed by atoms with Crippen LogP contribution in [0.2, 0.25) is 0 Å². The number of rotatable bonds is 8. The predicted octanol–water partition coefficient (Wildman–Crippen LogP) is 4.83. The van der Waals surface area contributed by atoms with E-state index >= 15 is 0 Å². The van der Waals surface area contributed by atoms with Gasteiger partial charge in [-0.2, -0.15) is 5.10 Å². The lowest BCUT2D eigenvalue weighted by atomic mass is 9.95. The summed E-state index contributed by atoms with van der Waals surface area (Å²) in [5.74, 6) is 0.0269. The third-order valence-electron chi connectivity index (χ3n) is 5.06. The first kappa shape index (κ1) is 22.0. The molecule has 0 atom stereocenters. The second kappa shape index (κ2) is 10.4. The van der Waals surface area contributed by atoms with Crippen molar-refractivity contribution in [2.75, 3.05) is 13.2 Å². The average molecular weight is 440 g/mol. The highest BCUT2D eigenvalue weighted by atomic mass is 16.5. The van der Waals surface area contributed by atoms with Gasteiger partial charge in [-0.05, 0) is 24.6 Å². The lowest BCUT2D eigenvalue weighted by Crippen LogP contribution is -2.32. The van der Waals surface area contributed by atoms with E-state index in [2.05, 4.69) is 5.10 Å². The molecule has 0 unspecified atom stereocenters. The Bertz CT molecular complexity index is 1270. The van der Waals surface area contributed by atoms with Gasteiger partial charge in [0.1, 0.15) is 17.9 Å². The Labute approximate surface area is 192 Å². The van der Waals surface area contributed by atoms with Gasteiger partial charge in [0.2, 0.25) is 0 Å². The standard InChI is InChI=1S/C27H24N2O4/c1-2-32-27(31)24-23(20-12-6-3-7-13-20)25(21-14-8-4-9-15-21)28-29(26(24)30)18-19-33-22-16-10-5-11-17-22/h3-17H,2,18-19H2,1H3. The summed E-state index contributed by atoms with van der Waals surface area (Å²) < 4.78 is 12.3. The first-order valence-corrected chi connectivity index (χ1v) is 10.8. The van der Waals surface area contributed by atoms with E-state index in [9.17, 15) is 9.59 Å². The summed E-state index contributed by atoms with van der Waals surface area (Å²) in [5.41, 5.74) is 1.96. The molecule has 0 bridgehead atoms. The summed E-state index contributed by atoms with van der Waals surface area (Å²) >= 11 is 0. The van der Waals surface area contributed by atoms with E-state index in [0.29, 0.717) is 17.0 Å². The van der Waals surface area contributed by atoms with Gasteiger partial charge >= 0.3 is 5.97 Å². The molecule has 0 fully saturated rings. The van der Waals surface area contributed by atoms with E-state index in [1.54, 1.807) is 6.92 Å². The molecule has 0 radical (unpaired) electrons. The summed E-state index contributed by atoms with van der Waals surface area (Å²) in [6.07, 6.45) is 0. The predicted molar refractivity (Wildman–Crippen MR) is 127 cm³/mol. The zero-order chi connectivity index (χ0) is 23.0. The maximum atomic E-state index is 13.4. The number of para-hydroxylation sites is 1. The summed E-state index contributed by atoms with van der Waals surface area (Å²) in [6.45, 7) is 2.27. The van der Waals surface area contributed by atoms with Crippen LogP contribution in [0, 0.1) is 0 Å². The number of carbonyl (C=O) groups excluding carboxylic acids is 1. The Balaban J connectivity index is 1.85. The monoisotopic (exact) mass is 440 g/mol. The van der Waals surface area contributed by atoms with Gasteiger partial charge in [0.05, 0.1) is 18.8 Å². The van der Waals surface area contributed by atoms with Crippen molar-refractivity contribution in [1.29, 1.82) is 0 Å². The van der Waals surface area contributed by atoms with E-state index in [1.165, 1.54) is 4.68 Å². The molecule has 0 aliphatic rings. The van der Waals surface area contributed by atoms with Crippen LogP contribution in [0.3, 0.4) is 0 Å². The molecule has 0 N–H and O–H groups in total. The topological polar surface area (TPSA) is 70.4 Å². The molecule has 0 saturated carbocycles. The number of hydrogen-bond acceptors (Lipinski definition) is 5. The largest absolute Gasteiger partial charge is 0.492 e. The highest BCUT2D eigenvalue weighted by molar-refractivity contribution is 6.00. The second-order valence-electron chi connectivity index (χ2n) is 7.24. The zero-order valence-corrected chi connectivity index (χ0v) is 18.3. The Morgan fingerprint density at radius 2 is 1.42 bits per heavy atom. The lowest BCUT2D eigenvalue weighted by Gasteiger charge is -2.17. The number of benzene rings is 3. The number of hydrogen-bond donors (Lipinski definition) is 0. The van der Waals surface area contributed by atoms with Crippen LogP contribution < -0.4 is 10.3 Å². The highest BCUT2D eigenvalue weighted by Crippen LogP contribution is 2.32. The van der Waals surface area contributed by atoms with Crippen LogP contribution in [0.25, 0.3) is 22.4 Å². The first-order valence-electron chi connectivity index (χ1n) is 10.8. The van der Waals surface area contributed by atoms with Crippen LogP contribution in [0.5, 0.6) is 5.75 Å². The number of nitrogens with zero attached hydrogens (tertiary/aromatic N) is 2. The quantitative estimate of drug-likeness (QED) is 0.367. The number of esters is 1. The van der Waals surface area contributed by atoms with Crippen LogP contribution >= 0.6 is 0 Å². The maximum Gasteiger partial charge on any atom is 0.344 e. The Kier molecular flexibility index (Phi) is 6.95. The molecule has 1 heterocycles. The fraction of sp³-hybridized carbons (Fsp3) is 0.148. The third-order valence-corrected chi connectivity index (χ3v) is 5.06. The summed E-state index contributed by atoms with van der Waals surface area (Å²) in [4.78, 5) is 26.4. The van der Waals surface area contributed by atoms with Gasteiger partial charge in [0, 0.05) is 11.1 Å². The van der Waals surface area contributed by atoms with E-state index in [4.69, 9.17) is 9.47 Å². The van der Waals surface area contributed by atoms with Gasteiger partial charge in [0.25, 0.3) is 5.56 Å². The highest BCUT2D eigenvalue weighted by Gasteiger charge is 2.26. The Morgan fingerprint density at radius 3 is 2.03 bits per heavy atom. The molecule has 6 nitrogen and oxygen atoms in total. The van der Waals surface area contributed by atoms with Crippen molar-refractivity contribution in [2.24, 2.45) is 0 Å². The van der Waals surface area contributed by atoms with Crippen LogP contribution in [0.1, 0.15) is 17.3 Å². The minimum atomic E-state index is -0.668. The number of carbonyl (C=O) groups is 1. The Morgan fingerprint density at radius 1 is 0.848 bits per heavy atom. The van der Waals surface area contributed by atoms with Crippen LogP contribution in [0.15, 0.2) is 95.8 Å². The van der Waals surface area contributed by atoms with Crippen LogP contribution in [0.4, 0.5) is 0 Å². The summed E-state index contributed by atoms with van der Waals surface area (Å²) in [5, 5.41) is 4.67. The van der Waals surface area contributed by atoms with Crippen molar-refractivity contribution >= 4 is 5.97 Å². The zero-order valence-electron chi connectivity index (χ0n) is 18.3. The second-order valence-corrected chi connectivity index (χ2v) is 7.24. The molecule has 0 amide bonds. The van der Waals surface area contributed by atoms with Gasteiger partial charge in [0.15, 0.2) is 0 Å². The minimum absolute atomic E-state index is 0.0309. The molecule has 6 heteroatoms. The molecule has 3 aromatic carbocycles. The van der Waals surface area contributed by atoms with Crippen molar-refractivity contribution in [2.45, 2.75) is 13.5 Å². The van der Waals surface area contributed by atoms with Gasteiger partial charge in [-0.1, -0.05) is 78.9 Å². The minimum Gasteiger partial charge on any atom is -0.492 e. The van der Waals surface area contributed by atoms with Gasteiger partial charge in [-0.25, -0.2) is 9.48 Å². The van der Waals surface area contributed by atoms with Gasteiger partial charge in [-0.3, -0.25) is 4.79 Å². The third kappa shape index (κ3) is 5.01. The van der Waals surface area contributed by atoms with Crippen LogP contribution in [-0.4, -0.2) is 29.0 Å². The average Bonchev–Trinajstić information content (AvgIpc) is 2.86. The van der Waals surface area contributed by atoms with E-state index in [1.807, 2.05) is 91.0 Å². The molecule has 0 spiro atoms. The molecule has 0 aliphatic heterocycles. The maximum absolute atomic E-state index is 13.4. The SMILES string of the molecule is CCOC(=O)c1c(-c2ccccc2)c(-c2ccccc2)nn(CCOc2ccccc2)c1=O. The van der Waals surface area contributed by atoms with Crippen LogP contribution in [-0.2, 0) is 11.3 Å².